The fourth-order valence-electron chi connectivity index (χ4n) is 2.01. The first-order chi connectivity index (χ1) is 7.75. The monoisotopic (exact) mass is 214 g/mol. The van der Waals surface area contributed by atoms with Crippen molar-refractivity contribution in [3.8, 4) is 5.75 Å². The van der Waals surface area contributed by atoms with Crippen molar-refractivity contribution in [1.29, 1.82) is 0 Å². The molecule has 1 aliphatic carbocycles. The third-order valence-electron chi connectivity index (χ3n) is 2.77. The summed E-state index contributed by atoms with van der Waals surface area (Å²) in [7, 11) is 0. The van der Waals surface area contributed by atoms with Gasteiger partial charge in [0.2, 0.25) is 0 Å². The summed E-state index contributed by atoms with van der Waals surface area (Å²) in [6.07, 6.45) is 6.61. The van der Waals surface area contributed by atoms with Crippen LogP contribution in [0.25, 0.3) is 11.8 Å². The zero-order chi connectivity index (χ0) is 11.1. The molecule has 2 N–H and O–H groups in total. The topological polar surface area (TPSA) is 49.7 Å². The van der Waals surface area contributed by atoms with E-state index in [2.05, 4.69) is 0 Å². The van der Waals surface area contributed by atoms with E-state index in [-0.39, 0.29) is 17.6 Å². The van der Waals surface area contributed by atoms with Crippen LogP contribution in [0.4, 0.5) is 0 Å². The number of allylic oxidation sites excluding steroid dienone is 2. The average molecular weight is 214 g/mol. The molecule has 0 aromatic heterocycles. The minimum absolute atomic E-state index is 0.183. The first-order valence-electron chi connectivity index (χ1n) is 5.02. The van der Waals surface area contributed by atoms with Gasteiger partial charge in [-0.15, -0.1) is 0 Å². The summed E-state index contributed by atoms with van der Waals surface area (Å²) in [5.41, 5.74) is 0.705. The second kappa shape index (κ2) is 3.17. The van der Waals surface area contributed by atoms with Crippen molar-refractivity contribution in [2.45, 2.75) is 6.10 Å². The lowest BCUT2D eigenvalue weighted by molar-refractivity contribution is 0.265. The Morgan fingerprint density at radius 3 is 2.94 bits per heavy atom. The summed E-state index contributed by atoms with van der Waals surface area (Å²) < 4.78 is 5.49. The van der Waals surface area contributed by atoms with Crippen LogP contribution in [0.1, 0.15) is 0 Å². The van der Waals surface area contributed by atoms with E-state index in [1.807, 2.05) is 6.08 Å². The van der Waals surface area contributed by atoms with Crippen molar-refractivity contribution in [3.63, 3.8) is 0 Å². The molecule has 3 heteroatoms. The lowest BCUT2D eigenvalue weighted by atomic mass is 9.97. The number of ether oxygens (including phenoxy) is 1. The van der Waals surface area contributed by atoms with Gasteiger partial charge in [0.25, 0.3) is 0 Å². The van der Waals surface area contributed by atoms with E-state index in [0.717, 1.165) is 10.4 Å². The van der Waals surface area contributed by atoms with Gasteiger partial charge < -0.3 is 14.9 Å². The Hall–Kier alpha value is -2.16. The molecule has 1 heterocycles. The van der Waals surface area contributed by atoms with E-state index >= 15 is 0 Å². The van der Waals surface area contributed by atoms with Gasteiger partial charge in [0.1, 0.15) is 17.6 Å². The van der Waals surface area contributed by atoms with Gasteiger partial charge in [0.15, 0.2) is 0 Å². The zero-order valence-electron chi connectivity index (χ0n) is 8.42. The number of aromatic hydroxyl groups is 1. The fraction of sp³-hybridized carbons (Fsp3) is 0.0769. The molecule has 0 bridgehead atoms. The molecule has 0 fully saturated rings. The Bertz CT molecular complexity index is 623. The van der Waals surface area contributed by atoms with Gasteiger partial charge >= 0.3 is 0 Å². The Balaban J connectivity index is 2.42. The molecule has 3 rings (SSSR count). The molecular weight excluding hydrogens is 204 g/mol. The summed E-state index contributed by atoms with van der Waals surface area (Å²) in [5.74, 6) is 0.370. The normalized spacial score (nSPS) is 21.4. The Kier molecular flexibility index (Phi) is 1.80. The summed E-state index contributed by atoms with van der Waals surface area (Å²) >= 11 is 0. The SMILES string of the molecule is OC1=CC=CC2OC=c3ccc(O)cc3=C12. The van der Waals surface area contributed by atoms with Crippen molar-refractivity contribution in [1.82, 2.24) is 0 Å². The molecule has 0 saturated heterocycles. The predicted octanol–water partition coefficient (Wildman–Crippen LogP) is 0.691. The van der Waals surface area contributed by atoms with Gasteiger partial charge in [-0.3, -0.25) is 0 Å². The van der Waals surface area contributed by atoms with Crippen molar-refractivity contribution in [3.05, 3.63) is 52.6 Å². The molecule has 80 valence electrons. The van der Waals surface area contributed by atoms with Gasteiger partial charge in [0, 0.05) is 10.8 Å². The van der Waals surface area contributed by atoms with E-state index in [4.69, 9.17) is 4.74 Å². The van der Waals surface area contributed by atoms with E-state index in [9.17, 15) is 10.2 Å². The molecule has 0 spiro atoms. The van der Waals surface area contributed by atoms with Gasteiger partial charge in [-0.05, 0) is 35.6 Å². The van der Waals surface area contributed by atoms with Crippen LogP contribution in [0.5, 0.6) is 5.75 Å². The summed E-state index contributed by atoms with van der Waals surface area (Å²) in [6.45, 7) is 0. The third-order valence-corrected chi connectivity index (χ3v) is 2.77. The van der Waals surface area contributed by atoms with E-state index in [1.165, 1.54) is 0 Å². The van der Waals surface area contributed by atoms with Crippen LogP contribution < -0.4 is 10.4 Å². The van der Waals surface area contributed by atoms with Gasteiger partial charge in [-0.2, -0.15) is 0 Å². The van der Waals surface area contributed by atoms with Crippen molar-refractivity contribution >= 4 is 11.8 Å². The van der Waals surface area contributed by atoms with E-state index in [1.54, 1.807) is 36.6 Å². The highest BCUT2D eigenvalue weighted by atomic mass is 16.5. The van der Waals surface area contributed by atoms with Crippen LogP contribution in [0, 0.1) is 0 Å². The van der Waals surface area contributed by atoms with Crippen LogP contribution in [0.3, 0.4) is 0 Å². The first kappa shape index (κ1) is 9.09. The summed E-state index contributed by atoms with van der Waals surface area (Å²) in [5, 5.41) is 21.0. The van der Waals surface area contributed by atoms with Crippen LogP contribution in [-0.2, 0) is 4.74 Å². The zero-order valence-corrected chi connectivity index (χ0v) is 8.42. The molecule has 3 nitrogen and oxygen atoms in total. The Morgan fingerprint density at radius 2 is 2.06 bits per heavy atom. The molecule has 1 aliphatic heterocycles. The highest BCUT2D eigenvalue weighted by Gasteiger charge is 2.22. The van der Waals surface area contributed by atoms with Gasteiger partial charge in [-0.25, -0.2) is 0 Å². The smallest absolute Gasteiger partial charge is 0.146 e. The number of aliphatic hydroxyl groups excluding tert-OH is 1. The molecule has 1 atom stereocenters. The van der Waals surface area contributed by atoms with Crippen LogP contribution in [-0.4, -0.2) is 16.3 Å². The molecule has 1 aromatic carbocycles. The molecule has 0 radical (unpaired) electrons. The minimum Gasteiger partial charge on any atom is -0.508 e. The predicted molar refractivity (Wildman–Crippen MR) is 60.0 cm³/mol. The largest absolute Gasteiger partial charge is 0.508 e. The van der Waals surface area contributed by atoms with Crippen molar-refractivity contribution < 1.29 is 14.9 Å². The second-order valence-electron chi connectivity index (χ2n) is 3.80. The maximum atomic E-state index is 9.84. The van der Waals surface area contributed by atoms with Crippen LogP contribution >= 0.6 is 0 Å². The number of fused-ring (bicyclic) bond motifs is 2. The lowest BCUT2D eigenvalue weighted by Gasteiger charge is -2.22. The molecule has 2 aliphatic rings. The van der Waals surface area contributed by atoms with Gasteiger partial charge in [0.05, 0.1) is 6.26 Å². The summed E-state index contributed by atoms with van der Waals surface area (Å²) in [4.78, 5) is 0. The Labute approximate surface area is 91.9 Å². The standard InChI is InChI=1S/C13H10O3/c14-9-5-4-8-7-16-12-3-1-2-11(15)13(12)10(8)6-9/h1-7,12,14-15H. The van der Waals surface area contributed by atoms with Crippen LogP contribution in [0.2, 0.25) is 0 Å². The maximum absolute atomic E-state index is 9.84. The number of aliphatic hydroxyl groups is 1. The fourth-order valence-corrected chi connectivity index (χ4v) is 2.01. The van der Waals surface area contributed by atoms with E-state index < -0.39 is 0 Å². The number of benzene rings is 1. The highest BCUT2D eigenvalue weighted by Crippen LogP contribution is 2.22. The summed E-state index contributed by atoms with van der Waals surface area (Å²) in [6, 6.07) is 5.00. The van der Waals surface area contributed by atoms with Crippen LogP contribution in [0.15, 0.2) is 42.2 Å². The molecule has 1 unspecified atom stereocenters. The minimum atomic E-state index is -0.265. The average Bonchev–Trinajstić information content (AvgIpc) is 2.28. The number of rotatable bonds is 0. The molecular formula is C13H10O3. The molecule has 0 saturated carbocycles. The second-order valence-corrected chi connectivity index (χ2v) is 3.80. The van der Waals surface area contributed by atoms with Gasteiger partial charge in [-0.1, -0.05) is 6.08 Å². The Morgan fingerprint density at radius 1 is 1.19 bits per heavy atom. The molecule has 16 heavy (non-hydrogen) atoms. The maximum Gasteiger partial charge on any atom is 0.146 e. The first-order valence-corrected chi connectivity index (χ1v) is 5.02. The third kappa shape index (κ3) is 1.21. The number of hydrogen-bond acceptors (Lipinski definition) is 3. The molecule has 0 amide bonds. The number of phenolic OH excluding ortho intramolecular Hbond substituents is 1. The quantitative estimate of drug-likeness (QED) is 0.668. The number of phenols is 1. The van der Waals surface area contributed by atoms with Crippen molar-refractivity contribution in [2.75, 3.05) is 0 Å². The molecule has 1 aromatic rings. The highest BCUT2D eigenvalue weighted by molar-refractivity contribution is 5.71. The lowest BCUT2D eigenvalue weighted by Crippen LogP contribution is -2.36. The van der Waals surface area contributed by atoms with Crippen molar-refractivity contribution in [2.24, 2.45) is 0 Å². The number of hydrogen-bond donors (Lipinski definition) is 2. The van der Waals surface area contributed by atoms with E-state index in [0.29, 0.717) is 5.57 Å².